The zero-order valence-electron chi connectivity index (χ0n) is 10.1. The molecule has 0 saturated carbocycles. The molecule has 0 bridgehead atoms. The summed E-state index contributed by atoms with van der Waals surface area (Å²) in [5, 5.41) is 0. The number of hydrogen-bond acceptors (Lipinski definition) is 2. The quantitative estimate of drug-likeness (QED) is 0.902. The van der Waals surface area contributed by atoms with E-state index in [0.29, 0.717) is 5.76 Å². The van der Waals surface area contributed by atoms with E-state index >= 15 is 0 Å². The van der Waals surface area contributed by atoms with Crippen molar-refractivity contribution in [3.63, 3.8) is 0 Å². The maximum atomic E-state index is 12.7. The van der Waals surface area contributed by atoms with Gasteiger partial charge in [0.1, 0.15) is 11.5 Å². The van der Waals surface area contributed by atoms with Crippen LogP contribution >= 0.6 is 0 Å². The van der Waals surface area contributed by atoms with Crippen molar-refractivity contribution in [1.82, 2.24) is 0 Å². The van der Waals surface area contributed by atoms with Crippen molar-refractivity contribution in [2.24, 2.45) is 5.73 Å². The normalized spacial score (nSPS) is 12.9. The zero-order chi connectivity index (χ0) is 13.1. The highest BCUT2D eigenvalue weighted by atomic mass is 19.3. The third kappa shape index (κ3) is 2.59. The van der Waals surface area contributed by atoms with Gasteiger partial charge in [-0.2, -0.15) is 0 Å². The number of alkyl halides is 2. The fourth-order valence-electron chi connectivity index (χ4n) is 1.77. The van der Waals surface area contributed by atoms with Crippen LogP contribution in [-0.2, 0) is 0 Å². The Balaban J connectivity index is 2.27. The second kappa shape index (κ2) is 5.31. The summed E-state index contributed by atoms with van der Waals surface area (Å²) in [5.41, 5.74) is 7.34. The predicted molar refractivity (Wildman–Crippen MR) is 66.7 cm³/mol. The third-order valence-corrected chi connectivity index (χ3v) is 2.89. The van der Waals surface area contributed by atoms with Crippen LogP contribution in [0.2, 0.25) is 0 Å². The first-order valence-corrected chi connectivity index (χ1v) is 5.77. The monoisotopic (exact) mass is 251 g/mol. The van der Waals surface area contributed by atoms with Gasteiger partial charge in [0.25, 0.3) is 0 Å². The molecule has 0 aliphatic rings. The SMILES string of the molecule is Cc1ccc(-c2ccc(C(CN)C(F)F)o2)cc1. The van der Waals surface area contributed by atoms with Crippen LogP contribution in [0.25, 0.3) is 11.3 Å². The van der Waals surface area contributed by atoms with E-state index in [2.05, 4.69) is 0 Å². The van der Waals surface area contributed by atoms with Gasteiger partial charge in [0.2, 0.25) is 6.43 Å². The number of halogens is 2. The second-order valence-corrected chi connectivity index (χ2v) is 4.24. The Hall–Kier alpha value is -1.68. The highest BCUT2D eigenvalue weighted by Crippen LogP contribution is 2.29. The third-order valence-electron chi connectivity index (χ3n) is 2.89. The first-order valence-electron chi connectivity index (χ1n) is 5.77. The van der Waals surface area contributed by atoms with Gasteiger partial charge in [-0.1, -0.05) is 29.8 Å². The van der Waals surface area contributed by atoms with Crippen LogP contribution < -0.4 is 5.73 Å². The highest BCUT2D eigenvalue weighted by molar-refractivity contribution is 5.58. The molecule has 1 aromatic heterocycles. The predicted octanol–water partition coefficient (Wildman–Crippen LogP) is 3.56. The Labute approximate surface area is 104 Å². The summed E-state index contributed by atoms with van der Waals surface area (Å²) in [7, 11) is 0. The zero-order valence-corrected chi connectivity index (χ0v) is 10.1. The molecule has 2 nitrogen and oxygen atoms in total. The van der Waals surface area contributed by atoms with Gasteiger partial charge in [-0.15, -0.1) is 0 Å². The van der Waals surface area contributed by atoms with Crippen molar-refractivity contribution in [3.8, 4) is 11.3 Å². The van der Waals surface area contributed by atoms with Gasteiger partial charge in [-0.25, -0.2) is 8.78 Å². The van der Waals surface area contributed by atoms with Crippen LogP contribution in [0.3, 0.4) is 0 Å². The van der Waals surface area contributed by atoms with Crippen molar-refractivity contribution in [2.75, 3.05) is 6.54 Å². The molecule has 96 valence electrons. The highest BCUT2D eigenvalue weighted by Gasteiger charge is 2.24. The smallest absolute Gasteiger partial charge is 0.249 e. The minimum absolute atomic E-state index is 0.126. The van der Waals surface area contributed by atoms with E-state index in [1.807, 2.05) is 31.2 Å². The Morgan fingerprint density at radius 1 is 1.11 bits per heavy atom. The maximum Gasteiger partial charge on any atom is 0.249 e. The van der Waals surface area contributed by atoms with Crippen LogP contribution in [0.1, 0.15) is 17.2 Å². The number of aryl methyl sites for hydroxylation is 1. The fourth-order valence-corrected chi connectivity index (χ4v) is 1.77. The van der Waals surface area contributed by atoms with Gasteiger partial charge < -0.3 is 10.2 Å². The Morgan fingerprint density at radius 3 is 2.33 bits per heavy atom. The average molecular weight is 251 g/mol. The van der Waals surface area contributed by atoms with Crippen LogP contribution in [0.4, 0.5) is 8.78 Å². The summed E-state index contributed by atoms with van der Waals surface area (Å²) in [6.45, 7) is 1.86. The molecule has 1 atom stereocenters. The Kier molecular flexibility index (Phi) is 3.77. The fraction of sp³-hybridized carbons (Fsp3) is 0.286. The van der Waals surface area contributed by atoms with Gasteiger partial charge in [0, 0.05) is 12.1 Å². The molecule has 0 saturated heterocycles. The second-order valence-electron chi connectivity index (χ2n) is 4.24. The molecule has 0 amide bonds. The lowest BCUT2D eigenvalue weighted by Crippen LogP contribution is -2.18. The number of furan rings is 1. The summed E-state index contributed by atoms with van der Waals surface area (Å²) in [6.07, 6.45) is -2.51. The van der Waals surface area contributed by atoms with Crippen LogP contribution in [0, 0.1) is 6.92 Å². The van der Waals surface area contributed by atoms with E-state index in [1.165, 1.54) is 0 Å². The van der Waals surface area contributed by atoms with Gasteiger partial charge in [0.05, 0.1) is 5.92 Å². The topological polar surface area (TPSA) is 39.2 Å². The molecule has 0 aliphatic carbocycles. The van der Waals surface area contributed by atoms with E-state index in [-0.39, 0.29) is 12.3 Å². The van der Waals surface area contributed by atoms with Crippen molar-refractivity contribution < 1.29 is 13.2 Å². The van der Waals surface area contributed by atoms with Crippen LogP contribution in [0.5, 0.6) is 0 Å². The molecular formula is C14H15F2NO. The number of rotatable bonds is 4. The lowest BCUT2D eigenvalue weighted by Gasteiger charge is -2.10. The molecule has 0 aliphatic heterocycles. The summed E-state index contributed by atoms with van der Waals surface area (Å²) < 4.78 is 30.9. The summed E-state index contributed by atoms with van der Waals surface area (Å²) >= 11 is 0. The molecule has 2 rings (SSSR count). The van der Waals surface area contributed by atoms with Gasteiger partial charge in [-0.05, 0) is 19.1 Å². The van der Waals surface area contributed by atoms with Crippen molar-refractivity contribution in [1.29, 1.82) is 0 Å². The van der Waals surface area contributed by atoms with E-state index < -0.39 is 12.3 Å². The molecule has 1 heterocycles. The molecule has 18 heavy (non-hydrogen) atoms. The lowest BCUT2D eigenvalue weighted by atomic mass is 10.1. The van der Waals surface area contributed by atoms with Gasteiger partial charge >= 0.3 is 0 Å². The minimum atomic E-state index is -2.51. The molecule has 2 aromatic rings. The largest absolute Gasteiger partial charge is 0.461 e. The first kappa shape index (κ1) is 12.8. The van der Waals surface area contributed by atoms with E-state index in [4.69, 9.17) is 10.2 Å². The van der Waals surface area contributed by atoms with Crippen LogP contribution in [0.15, 0.2) is 40.8 Å². The van der Waals surface area contributed by atoms with Gasteiger partial charge in [-0.3, -0.25) is 0 Å². The van der Waals surface area contributed by atoms with E-state index in [1.54, 1.807) is 12.1 Å². The summed E-state index contributed by atoms with van der Waals surface area (Å²) in [4.78, 5) is 0. The lowest BCUT2D eigenvalue weighted by molar-refractivity contribution is 0.108. The molecule has 0 spiro atoms. The molecule has 1 unspecified atom stereocenters. The first-order chi connectivity index (χ1) is 8.61. The molecular weight excluding hydrogens is 236 g/mol. The van der Waals surface area contributed by atoms with Crippen molar-refractivity contribution in [3.05, 3.63) is 47.7 Å². The van der Waals surface area contributed by atoms with Crippen molar-refractivity contribution >= 4 is 0 Å². The van der Waals surface area contributed by atoms with E-state index in [0.717, 1.165) is 11.1 Å². The van der Waals surface area contributed by atoms with Crippen LogP contribution in [-0.4, -0.2) is 13.0 Å². The van der Waals surface area contributed by atoms with Gasteiger partial charge in [0.15, 0.2) is 0 Å². The molecule has 4 heteroatoms. The van der Waals surface area contributed by atoms with E-state index in [9.17, 15) is 8.78 Å². The standard InChI is InChI=1S/C14H15F2NO/c1-9-2-4-10(5-3-9)12-6-7-13(18-12)11(8-17)14(15)16/h2-7,11,14H,8,17H2,1H3. The number of benzene rings is 1. The number of nitrogens with two attached hydrogens (primary N) is 1. The Bertz CT molecular complexity index is 505. The molecule has 2 N–H and O–H groups in total. The average Bonchev–Trinajstić information content (AvgIpc) is 2.80. The molecule has 1 aromatic carbocycles. The molecule has 0 radical (unpaired) electrons. The number of hydrogen-bond donors (Lipinski definition) is 1. The summed E-state index contributed by atoms with van der Waals surface area (Å²) in [6, 6.07) is 11.0. The maximum absolute atomic E-state index is 12.7. The minimum Gasteiger partial charge on any atom is -0.461 e. The Morgan fingerprint density at radius 2 is 1.78 bits per heavy atom. The molecule has 0 fully saturated rings. The van der Waals surface area contributed by atoms with Crippen molar-refractivity contribution in [2.45, 2.75) is 19.3 Å². The summed E-state index contributed by atoms with van der Waals surface area (Å²) in [5.74, 6) is -0.212.